The van der Waals surface area contributed by atoms with Gasteiger partial charge in [0.2, 0.25) is 29.5 Å². The quantitative estimate of drug-likeness (QED) is 0.108. The smallest absolute Gasteiger partial charge is 0.326 e. The summed E-state index contributed by atoms with van der Waals surface area (Å²) in [4.78, 5) is 77.3. The number of carbonyl (C=O) groups is 6. The lowest BCUT2D eigenvalue weighted by Crippen LogP contribution is -2.57. The molecule has 1 aliphatic rings. The minimum atomic E-state index is -1.30. The molecule has 5 amide bonds. The summed E-state index contributed by atoms with van der Waals surface area (Å²) < 4.78 is 0. The van der Waals surface area contributed by atoms with Crippen molar-refractivity contribution >= 4 is 35.5 Å². The Kier molecular flexibility index (Phi) is 13.0. The fourth-order valence-corrected chi connectivity index (χ4v) is 4.93. The zero-order valence-electron chi connectivity index (χ0n) is 25.3. The van der Waals surface area contributed by atoms with Crippen molar-refractivity contribution in [2.45, 2.75) is 62.8 Å². The number of carboxylic acid groups (broad SMARTS) is 1. The third kappa shape index (κ3) is 10.3. The molecule has 5 atom stereocenters. The normalized spacial score (nSPS) is 16.8. The van der Waals surface area contributed by atoms with Crippen molar-refractivity contribution in [3.05, 3.63) is 65.7 Å². The number of hydrogen-bond donors (Lipinski definition) is 8. The van der Waals surface area contributed by atoms with E-state index in [0.717, 1.165) is 5.56 Å². The van der Waals surface area contributed by atoms with Crippen molar-refractivity contribution in [1.82, 2.24) is 26.2 Å². The number of amides is 5. The molecule has 15 nitrogen and oxygen atoms in total. The highest BCUT2D eigenvalue weighted by Gasteiger charge is 2.37. The van der Waals surface area contributed by atoms with Gasteiger partial charge in [-0.3, -0.25) is 24.0 Å². The topological polar surface area (TPSA) is 240 Å². The van der Waals surface area contributed by atoms with Gasteiger partial charge >= 0.3 is 5.97 Å². The van der Waals surface area contributed by atoms with Gasteiger partial charge < -0.3 is 47.2 Å². The molecule has 1 heterocycles. The average molecular weight is 641 g/mol. The number of phenols is 1. The van der Waals surface area contributed by atoms with Gasteiger partial charge in [0.1, 0.15) is 36.0 Å². The second-order valence-corrected chi connectivity index (χ2v) is 11.0. The number of aromatic hydroxyl groups is 1. The second-order valence-electron chi connectivity index (χ2n) is 11.0. The number of rotatable bonds is 15. The van der Waals surface area contributed by atoms with Crippen LogP contribution >= 0.6 is 0 Å². The minimum Gasteiger partial charge on any atom is -0.508 e. The molecule has 1 fully saturated rings. The summed E-state index contributed by atoms with van der Waals surface area (Å²) in [5, 5.41) is 38.1. The number of nitrogens with one attached hydrogen (secondary N) is 4. The number of phenolic OH excluding ortho intramolecular Hbond substituents is 1. The van der Waals surface area contributed by atoms with Crippen LogP contribution in [0.2, 0.25) is 0 Å². The number of aliphatic carboxylic acids is 1. The molecule has 2 aromatic carbocycles. The third-order valence-electron chi connectivity index (χ3n) is 7.45. The largest absolute Gasteiger partial charge is 0.508 e. The summed E-state index contributed by atoms with van der Waals surface area (Å²) in [5.74, 6) is -4.63. The van der Waals surface area contributed by atoms with Crippen LogP contribution < -0.4 is 27.0 Å². The first kappa shape index (κ1) is 35.5. The zero-order chi connectivity index (χ0) is 33.8. The van der Waals surface area contributed by atoms with E-state index in [1.54, 1.807) is 30.3 Å². The standard InChI is InChI=1S/C31H40N6O9/c1-18(27(41)36-24(31(45)46)15-20-9-11-21(39)12-10-20)34-26(40)16-33-28(42)23(14-19-6-3-2-4-7-19)35-29(43)25-8-5-13-37(25)30(44)22(32)17-38/h2-4,6-7,9-12,18,22-25,38-39H,5,8,13-17,32H2,1H3,(H,33,42)(H,34,40)(H,35,43)(H,36,41)(H,45,46)/t18-,22-,23-,24-,25-/m0/s1. The molecule has 0 bridgehead atoms. The van der Waals surface area contributed by atoms with E-state index in [4.69, 9.17) is 5.73 Å². The molecule has 0 radical (unpaired) electrons. The van der Waals surface area contributed by atoms with Crippen LogP contribution in [0.1, 0.15) is 30.9 Å². The molecule has 248 valence electrons. The average Bonchev–Trinajstić information content (AvgIpc) is 3.54. The van der Waals surface area contributed by atoms with E-state index in [1.165, 1.54) is 36.1 Å². The highest BCUT2D eigenvalue weighted by molar-refractivity contribution is 5.95. The number of likely N-dealkylation sites (tertiary alicyclic amines) is 1. The van der Waals surface area contributed by atoms with E-state index in [9.17, 15) is 44.1 Å². The van der Waals surface area contributed by atoms with Gasteiger partial charge in [0.05, 0.1) is 13.2 Å². The number of aliphatic hydroxyl groups is 1. The van der Waals surface area contributed by atoms with E-state index < -0.39 is 78.9 Å². The van der Waals surface area contributed by atoms with Crippen molar-refractivity contribution in [2.75, 3.05) is 19.7 Å². The van der Waals surface area contributed by atoms with Gasteiger partial charge in [-0.25, -0.2) is 4.79 Å². The number of nitrogens with zero attached hydrogens (tertiary/aromatic N) is 1. The lowest BCUT2D eigenvalue weighted by Gasteiger charge is -2.28. The fourth-order valence-electron chi connectivity index (χ4n) is 4.93. The lowest BCUT2D eigenvalue weighted by molar-refractivity contribution is -0.142. The summed E-state index contributed by atoms with van der Waals surface area (Å²) in [6.07, 6.45) is 0.893. The first-order chi connectivity index (χ1) is 21.9. The number of nitrogens with two attached hydrogens (primary N) is 1. The van der Waals surface area contributed by atoms with Gasteiger partial charge in [-0.2, -0.15) is 0 Å². The molecule has 0 saturated carbocycles. The van der Waals surface area contributed by atoms with Gasteiger partial charge in [0, 0.05) is 19.4 Å². The SMILES string of the molecule is C[C@H](NC(=O)CNC(=O)[C@H](Cc1ccccc1)NC(=O)[C@@H]1CCCN1C(=O)[C@@H](N)CO)C(=O)N[C@@H](Cc1ccc(O)cc1)C(=O)O. The Labute approximate surface area is 265 Å². The molecule has 9 N–H and O–H groups in total. The first-order valence-electron chi connectivity index (χ1n) is 14.8. The van der Waals surface area contributed by atoms with E-state index in [2.05, 4.69) is 21.3 Å². The number of hydrogen-bond acceptors (Lipinski definition) is 9. The number of aliphatic hydroxyl groups excluding tert-OH is 1. The van der Waals surface area contributed by atoms with Crippen LogP contribution in [0.15, 0.2) is 54.6 Å². The van der Waals surface area contributed by atoms with Crippen molar-refractivity contribution in [1.29, 1.82) is 0 Å². The van der Waals surface area contributed by atoms with Gasteiger partial charge in [-0.1, -0.05) is 42.5 Å². The Hall–Kier alpha value is -5.02. The number of carboxylic acids is 1. The predicted molar refractivity (Wildman–Crippen MR) is 164 cm³/mol. The fraction of sp³-hybridized carbons (Fsp3) is 0.419. The molecule has 1 saturated heterocycles. The third-order valence-corrected chi connectivity index (χ3v) is 7.45. The van der Waals surface area contributed by atoms with Crippen molar-refractivity contribution in [2.24, 2.45) is 5.73 Å². The van der Waals surface area contributed by atoms with Crippen LogP contribution in [0, 0.1) is 0 Å². The summed E-state index contributed by atoms with van der Waals surface area (Å²) in [6, 6.07) is 9.03. The Morgan fingerprint density at radius 2 is 1.52 bits per heavy atom. The van der Waals surface area contributed by atoms with Crippen LogP contribution in [0.4, 0.5) is 0 Å². The van der Waals surface area contributed by atoms with Crippen molar-refractivity contribution in [3.8, 4) is 5.75 Å². The highest BCUT2D eigenvalue weighted by atomic mass is 16.4. The molecular formula is C31H40N6O9. The molecule has 0 aromatic heterocycles. The molecule has 15 heteroatoms. The molecule has 0 unspecified atom stereocenters. The van der Waals surface area contributed by atoms with E-state index in [1.807, 2.05) is 0 Å². The van der Waals surface area contributed by atoms with Crippen LogP contribution in [0.3, 0.4) is 0 Å². The van der Waals surface area contributed by atoms with E-state index in [0.29, 0.717) is 18.4 Å². The maximum absolute atomic E-state index is 13.2. The number of benzene rings is 2. The maximum Gasteiger partial charge on any atom is 0.326 e. The van der Waals surface area contributed by atoms with Crippen LogP contribution in [-0.4, -0.2) is 106 Å². The van der Waals surface area contributed by atoms with Gasteiger partial charge in [-0.15, -0.1) is 0 Å². The van der Waals surface area contributed by atoms with Gasteiger partial charge in [-0.05, 0) is 43.0 Å². The van der Waals surface area contributed by atoms with E-state index >= 15 is 0 Å². The Balaban J connectivity index is 1.58. The second kappa shape index (κ2) is 16.9. The minimum absolute atomic E-state index is 0.00763. The van der Waals surface area contributed by atoms with Gasteiger partial charge in [0.15, 0.2) is 0 Å². The number of carbonyl (C=O) groups excluding carboxylic acids is 5. The van der Waals surface area contributed by atoms with Crippen LogP contribution in [-0.2, 0) is 41.6 Å². The highest BCUT2D eigenvalue weighted by Crippen LogP contribution is 2.19. The van der Waals surface area contributed by atoms with Crippen LogP contribution in [0.5, 0.6) is 5.75 Å². The summed E-state index contributed by atoms with van der Waals surface area (Å²) in [7, 11) is 0. The molecular weight excluding hydrogens is 600 g/mol. The van der Waals surface area contributed by atoms with Gasteiger partial charge in [0.25, 0.3) is 0 Å². The Bertz CT molecular complexity index is 1390. The molecule has 0 spiro atoms. The summed E-state index contributed by atoms with van der Waals surface area (Å²) in [5.41, 5.74) is 6.95. The van der Waals surface area contributed by atoms with E-state index in [-0.39, 0.29) is 25.1 Å². The predicted octanol–water partition coefficient (Wildman–Crippen LogP) is -1.84. The lowest BCUT2D eigenvalue weighted by atomic mass is 10.0. The van der Waals surface area contributed by atoms with Crippen LogP contribution in [0.25, 0.3) is 0 Å². The summed E-state index contributed by atoms with van der Waals surface area (Å²) >= 11 is 0. The zero-order valence-corrected chi connectivity index (χ0v) is 25.3. The first-order valence-corrected chi connectivity index (χ1v) is 14.8. The molecule has 1 aliphatic heterocycles. The monoisotopic (exact) mass is 640 g/mol. The Morgan fingerprint density at radius 1 is 0.891 bits per heavy atom. The molecule has 3 rings (SSSR count). The summed E-state index contributed by atoms with van der Waals surface area (Å²) in [6.45, 7) is 0.498. The molecule has 46 heavy (non-hydrogen) atoms. The van der Waals surface area contributed by atoms with Crippen molar-refractivity contribution in [3.63, 3.8) is 0 Å². The molecule has 0 aliphatic carbocycles. The van der Waals surface area contributed by atoms with Crippen molar-refractivity contribution < 1.29 is 44.1 Å². The maximum atomic E-state index is 13.2. The molecule has 2 aromatic rings. The Morgan fingerprint density at radius 3 is 2.15 bits per heavy atom.